The van der Waals surface area contributed by atoms with E-state index in [1.54, 1.807) is 26.0 Å². The molecule has 1 heterocycles. The number of carbonyl (C=O) groups is 2. The van der Waals surface area contributed by atoms with Crippen LogP contribution in [0.1, 0.15) is 25.1 Å². The first kappa shape index (κ1) is 15.4. The van der Waals surface area contributed by atoms with Gasteiger partial charge < -0.3 is 9.47 Å². The number of thiophene rings is 1. The number of hydrogen-bond acceptors (Lipinski definition) is 5. The third-order valence-corrected chi connectivity index (χ3v) is 3.67. The Labute approximate surface area is 117 Å². The minimum atomic E-state index is -1.43. The maximum atomic E-state index is 12.3. The van der Waals surface area contributed by atoms with Crippen molar-refractivity contribution in [3.63, 3.8) is 0 Å². The molecular weight excluding hydrogens is 264 g/mol. The smallest absolute Gasteiger partial charge is 0.329 e. The Morgan fingerprint density at radius 3 is 2.26 bits per heavy atom. The third kappa shape index (κ3) is 3.04. The summed E-state index contributed by atoms with van der Waals surface area (Å²) in [7, 11) is 0. The molecule has 1 aromatic rings. The van der Waals surface area contributed by atoms with E-state index in [0.717, 1.165) is 0 Å². The number of rotatable bonds is 7. The van der Waals surface area contributed by atoms with Gasteiger partial charge in [0.05, 0.1) is 13.2 Å². The van der Waals surface area contributed by atoms with Gasteiger partial charge in [-0.05, 0) is 31.7 Å². The van der Waals surface area contributed by atoms with Gasteiger partial charge in [-0.25, -0.2) is 0 Å². The van der Waals surface area contributed by atoms with Crippen molar-refractivity contribution >= 4 is 23.3 Å². The van der Waals surface area contributed by atoms with Crippen LogP contribution in [-0.2, 0) is 24.5 Å². The van der Waals surface area contributed by atoms with Gasteiger partial charge >= 0.3 is 11.9 Å². The predicted octanol–water partition coefficient (Wildman–Crippen LogP) is 2.69. The summed E-state index contributed by atoms with van der Waals surface area (Å²) in [5.41, 5.74) is -1.43. The Balaban J connectivity index is 3.29. The largest absolute Gasteiger partial charge is 0.465 e. The van der Waals surface area contributed by atoms with Crippen LogP contribution in [0, 0.1) is 0 Å². The number of ether oxygens (including phenoxy) is 2. The van der Waals surface area contributed by atoms with Gasteiger partial charge in [0, 0.05) is 4.88 Å². The maximum absolute atomic E-state index is 12.3. The first-order valence-corrected chi connectivity index (χ1v) is 7.00. The summed E-state index contributed by atoms with van der Waals surface area (Å²) in [6.07, 6.45) is 1.69. The average molecular weight is 282 g/mol. The van der Waals surface area contributed by atoms with Crippen LogP contribution in [0.2, 0.25) is 0 Å². The SMILES string of the molecule is C=CCC(C(=O)OCC)(C(=O)OCC)c1cccs1. The zero-order valence-corrected chi connectivity index (χ0v) is 12.0. The van der Waals surface area contributed by atoms with Gasteiger partial charge in [-0.2, -0.15) is 0 Å². The van der Waals surface area contributed by atoms with E-state index in [1.165, 1.54) is 17.4 Å². The molecule has 0 aliphatic carbocycles. The molecule has 0 saturated carbocycles. The quantitative estimate of drug-likeness (QED) is 0.438. The topological polar surface area (TPSA) is 52.6 Å². The number of hydrogen-bond donors (Lipinski definition) is 0. The minimum Gasteiger partial charge on any atom is -0.465 e. The van der Waals surface area contributed by atoms with Crippen molar-refractivity contribution < 1.29 is 19.1 Å². The second-order valence-corrected chi connectivity index (χ2v) is 4.76. The van der Waals surface area contributed by atoms with E-state index in [0.29, 0.717) is 4.88 Å². The molecule has 0 aliphatic heterocycles. The van der Waals surface area contributed by atoms with Crippen LogP contribution in [-0.4, -0.2) is 25.2 Å². The van der Waals surface area contributed by atoms with Crippen molar-refractivity contribution in [3.8, 4) is 0 Å². The monoisotopic (exact) mass is 282 g/mol. The highest BCUT2D eigenvalue weighted by molar-refractivity contribution is 7.10. The summed E-state index contributed by atoms with van der Waals surface area (Å²) < 4.78 is 10.1. The zero-order valence-electron chi connectivity index (χ0n) is 11.2. The Bertz CT molecular complexity index is 418. The van der Waals surface area contributed by atoms with Gasteiger partial charge in [-0.3, -0.25) is 9.59 Å². The molecule has 0 aliphatic rings. The van der Waals surface area contributed by atoms with Crippen LogP contribution in [0.25, 0.3) is 0 Å². The van der Waals surface area contributed by atoms with Crippen molar-refractivity contribution in [1.82, 2.24) is 0 Å². The van der Waals surface area contributed by atoms with Crippen LogP contribution in [0.15, 0.2) is 30.2 Å². The molecule has 4 nitrogen and oxygen atoms in total. The molecule has 0 saturated heterocycles. The fourth-order valence-corrected chi connectivity index (χ4v) is 2.71. The lowest BCUT2D eigenvalue weighted by atomic mass is 9.82. The summed E-state index contributed by atoms with van der Waals surface area (Å²) in [4.78, 5) is 25.2. The first-order chi connectivity index (χ1) is 9.13. The molecule has 1 rings (SSSR count). The summed E-state index contributed by atoms with van der Waals surface area (Å²) >= 11 is 1.33. The molecular formula is C14H18O4S. The van der Waals surface area contributed by atoms with Crippen LogP contribution in [0.4, 0.5) is 0 Å². The summed E-state index contributed by atoms with van der Waals surface area (Å²) in [6, 6.07) is 3.53. The van der Waals surface area contributed by atoms with Crippen LogP contribution < -0.4 is 0 Å². The highest BCUT2D eigenvalue weighted by Gasteiger charge is 2.50. The minimum absolute atomic E-state index is 0.158. The lowest BCUT2D eigenvalue weighted by molar-refractivity contribution is -0.164. The second-order valence-electron chi connectivity index (χ2n) is 3.82. The standard InChI is InChI=1S/C14H18O4S/c1-4-9-14(12(15)17-5-2,13(16)18-6-3)11-8-7-10-19-11/h4,7-8,10H,1,5-6,9H2,2-3H3. The lowest BCUT2D eigenvalue weighted by Gasteiger charge is -2.27. The average Bonchev–Trinajstić information content (AvgIpc) is 2.90. The van der Waals surface area contributed by atoms with Crippen LogP contribution >= 0.6 is 11.3 Å². The molecule has 5 heteroatoms. The van der Waals surface area contributed by atoms with E-state index < -0.39 is 17.4 Å². The molecule has 0 bridgehead atoms. The Morgan fingerprint density at radius 2 is 1.89 bits per heavy atom. The lowest BCUT2D eigenvalue weighted by Crippen LogP contribution is -2.45. The maximum Gasteiger partial charge on any atom is 0.329 e. The van der Waals surface area contributed by atoms with E-state index in [1.807, 2.05) is 5.38 Å². The number of carbonyl (C=O) groups excluding carboxylic acids is 2. The highest BCUT2D eigenvalue weighted by Crippen LogP contribution is 2.35. The van der Waals surface area contributed by atoms with Crippen molar-refractivity contribution in [1.29, 1.82) is 0 Å². The van der Waals surface area contributed by atoms with Gasteiger partial charge in [-0.15, -0.1) is 17.9 Å². The van der Waals surface area contributed by atoms with E-state index >= 15 is 0 Å². The van der Waals surface area contributed by atoms with Gasteiger partial charge in [0.1, 0.15) is 0 Å². The molecule has 0 unspecified atom stereocenters. The predicted molar refractivity (Wildman–Crippen MR) is 74.1 cm³/mol. The number of allylic oxidation sites excluding steroid dienone is 1. The number of esters is 2. The third-order valence-electron chi connectivity index (χ3n) is 2.64. The normalized spacial score (nSPS) is 10.8. The Kier molecular flexibility index (Phi) is 5.76. The van der Waals surface area contributed by atoms with E-state index in [-0.39, 0.29) is 19.6 Å². The molecule has 0 fully saturated rings. The van der Waals surface area contributed by atoms with Gasteiger partial charge in [0.2, 0.25) is 5.41 Å². The molecule has 1 aromatic heterocycles. The zero-order chi connectivity index (χ0) is 14.3. The Morgan fingerprint density at radius 1 is 1.32 bits per heavy atom. The van der Waals surface area contributed by atoms with Crippen LogP contribution in [0.3, 0.4) is 0 Å². The molecule has 0 amide bonds. The molecule has 19 heavy (non-hydrogen) atoms. The first-order valence-electron chi connectivity index (χ1n) is 6.12. The fraction of sp³-hybridized carbons (Fsp3) is 0.429. The summed E-state index contributed by atoms with van der Waals surface area (Å²) in [5, 5.41) is 1.81. The van der Waals surface area contributed by atoms with Gasteiger partial charge in [0.25, 0.3) is 0 Å². The molecule has 0 atom stereocenters. The van der Waals surface area contributed by atoms with Crippen molar-refractivity contribution in [3.05, 3.63) is 35.0 Å². The summed E-state index contributed by atoms with van der Waals surface area (Å²) in [6.45, 7) is 7.46. The summed E-state index contributed by atoms with van der Waals surface area (Å²) in [5.74, 6) is -1.17. The van der Waals surface area contributed by atoms with Crippen molar-refractivity contribution in [2.75, 3.05) is 13.2 Å². The Hall–Kier alpha value is -1.62. The van der Waals surface area contributed by atoms with E-state index in [2.05, 4.69) is 6.58 Å². The van der Waals surface area contributed by atoms with E-state index in [9.17, 15) is 9.59 Å². The van der Waals surface area contributed by atoms with Gasteiger partial charge in [-0.1, -0.05) is 12.1 Å². The molecule has 104 valence electrons. The van der Waals surface area contributed by atoms with Crippen molar-refractivity contribution in [2.24, 2.45) is 0 Å². The van der Waals surface area contributed by atoms with E-state index in [4.69, 9.17) is 9.47 Å². The second kappa shape index (κ2) is 7.09. The molecule has 0 spiro atoms. The molecule has 0 N–H and O–H groups in total. The fourth-order valence-electron chi connectivity index (χ4n) is 1.80. The molecule has 0 radical (unpaired) electrons. The van der Waals surface area contributed by atoms with Crippen LogP contribution in [0.5, 0.6) is 0 Å². The van der Waals surface area contributed by atoms with Gasteiger partial charge in [0.15, 0.2) is 0 Å². The van der Waals surface area contributed by atoms with Crippen molar-refractivity contribution in [2.45, 2.75) is 25.7 Å². The highest BCUT2D eigenvalue weighted by atomic mass is 32.1. The molecule has 0 aromatic carbocycles.